The van der Waals surface area contributed by atoms with Crippen LogP contribution in [-0.2, 0) is 9.84 Å². The van der Waals surface area contributed by atoms with Crippen LogP contribution in [0.3, 0.4) is 0 Å². The van der Waals surface area contributed by atoms with E-state index in [1.54, 1.807) is 0 Å². The Morgan fingerprint density at radius 3 is 2.56 bits per heavy atom. The molecule has 2 unspecified atom stereocenters. The average molecular weight is 248 g/mol. The van der Waals surface area contributed by atoms with Crippen LogP contribution in [0, 0.1) is 0 Å². The molecule has 2 atom stereocenters. The summed E-state index contributed by atoms with van der Waals surface area (Å²) in [5.74, 6) is 0.700. The van der Waals surface area contributed by atoms with Crippen LogP contribution in [-0.4, -0.2) is 57.0 Å². The van der Waals surface area contributed by atoms with Crippen molar-refractivity contribution in [1.29, 1.82) is 0 Å². The lowest BCUT2D eigenvalue weighted by Gasteiger charge is -2.32. The fourth-order valence-corrected chi connectivity index (χ4v) is 4.07. The Labute approximate surface area is 99.3 Å². The molecule has 1 N–H and O–H groups in total. The molecule has 0 aliphatic carbocycles. The van der Waals surface area contributed by atoms with Crippen molar-refractivity contribution in [2.24, 2.45) is 0 Å². The lowest BCUT2D eigenvalue weighted by molar-refractivity contribution is 0.179. The minimum absolute atomic E-state index is 0.216. The molecule has 0 radical (unpaired) electrons. The molecule has 4 nitrogen and oxygen atoms in total. The van der Waals surface area contributed by atoms with E-state index in [1.807, 2.05) is 0 Å². The first kappa shape index (κ1) is 13.9. The van der Waals surface area contributed by atoms with Crippen LogP contribution in [0.5, 0.6) is 0 Å². The average Bonchev–Trinajstić information content (AvgIpc) is 2.59. The zero-order valence-electron chi connectivity index (χ0n) is 10.6. The van der Waals surface area contributed by atoms with Crippen LogP contribution < -0.4 is 5.32 Å². The maximum absolute atomic E-state index is 11.4. The van der Waals surface area contributed by atoms with Crippen molar-refractivity contribution in [3.8, 4) is 0 Å². The Bertz CT molecular complexity index is 303. The van der Waals surface area contributed by atoms with Gasteiger partial charge in [-0.25, -0.2) is 8.42 Å². The highest BCUT2D eigenvalue weighted by Crippen LogP contribution is 2.19. The van der Waals surface area contributed by atoms with Gasteiger partial charge < -0.3 is 5.32 Å². The van der Waals surface area contributed by atoms with Gasteiger partial charge in [-0.3, -0.25) is 4.90 Å². The topological polar surface area (TPSA) is 49.4 Å². The second-order valence-corrected chi connectivity index (χ2v) is 6.82. The first-order valence-electron chi connectivity index (χ1n) is 6.13. The van der Waals surface area contributed by atoms with Crippen molar-refractivity contribution in [2.45, 2.75) is 38.8 Å². The van der Waals surface area contributed by atoms with Crippen molar-refractivity contribution in [1.82, 2.24) is 10.2 Å². The van der Waals surface area contributed by atoms with Crippen LogP contribution in [0.15, 0.2) is 0 Å². The molecule has 0 aromatic heterocycles. The fourth-order valence-electron chi connectivity index (χ4n) is 2.28. The number of hydrogen-bond acceptors (Lipinski definition) is 4. The quantitative estimate of drug-likeness (QED) is 0.743. The van der Waals surface area contributed by atoms with Crippen molar-refractivity contribution in [3.05, 3.63) is 0 Å². The summed E-state index contributed by atoms with van der Waals surface area (Å²) in [6.07, 6.45) is 1.85. The van der Waals surface area contributed by atoms with Gasteiger partial charge in [0.1, 0.15) is 0 Å². The Balaban J connectivity index is 2.52. The monoisotopic (exact) mass is 248 g/mol. The molecule has 0 saturated carbocycles. The van der Waals surface area contributed by atoms with E-state index < -0.39 is 9.84 Å². The highest BCUT2D eigenvalue weighted by atomic mass is 32.2. The predicted octanol–water partition coefficient (Wildman–Crippen LogP) is 0.493. The van der Waals surface area contributed by atoms with Gasteiger partial charge in [-0.1, -0.05) is 13.8 Å². The number of sulfone groups is 1. The third-order valence-corrected chi connectivity index (χ3v) is 5.21. The van der Waals surface area contributed by atoms with Crippen molar-refractivity contribution < 1.29 is 8.42 Å². The Hall–Kier alpha value is -0.130. The summed E-state index contributed by atoms with van der Waals surface area (Å²) in [6, 6.07) is 0.659. The zero-order valence-corrected chi connectivity index (χ0v) is 11.4. The number of likely N-dealkylation sites (N-methyl/N-ethyl adjacent to an activating group) is 2. The second kappa shape index (κ2) is 5.98. The van der Waals surface area contributed by atoms with Crippen molar-refractivity contribution >= 4 is 9.84 Å². The van der Waals surface area contributed by atoms with Gasteiger partial charge in [-0.15, -0.1) is 0 Å². The molecule has 0 amide bonds. The minimum Gasteiger partial charge on any atom is -0.315 e. The van der Waals surface area contributed by atoms with E-state index in [1.165, 1.54) is 0 Å². The predicted molar refractivity (Wildman–Crippen MR) is 67.4 cm³/mol. The summed E-state index contributed by atoms with van der Waals surface area (Å²) in [7, 11) is -0.712. The number of rotatable bonds is 6. The molecule has 0 aromatic rings. The van der Waals surface area contributed by atoms with Gasteiger partial charge in [-0.2, -0.15) is 0 Å². The lowest BCUT2D eigenvalue weighted by Crippen LogP contribution is -2.45. The SMILES string of the molecule is CCNCC(CC)N(C)C1CCS(=O)(=O)C1. The maximum atomic E-state index is 11.4. The standard InChI is InChI=1S/C11H24N2O2S/c1-4-10(8-12-5-2)13(3)11-6-7-16(14,15)9-11/h10-12H,4-9H2,1-3H3. The third kappa shape index (κ3) is 3.71. The van der Waals surface area contributed by atoms with E-state index in [0.717, 1.165) is 25.9 Å². The molecule has 0 spiro atoms. The van der Waals surface area contributed by atoms with E-state index in [-0.39, 0.29) is 6.04 Å². The Morgan fingerprint density at radius 2 is 2.12 bits per heavy atom. The summed E-state index contributed by atoms with van der Waals surface area (Å²) in [5.41, 5.74) is 0. The summed E-state index contributed by atoms with van der Waals surface area (Å²) in [4.78, 5) is 2.24. The molecule has 1 aliphatic heterocycles. The molecule has 1 aliphatic rings. The number of nitrogens with zero attached hydrogens (tertiary/aromatic N) is 1. The molecule has 1 heterocycles. The summed E-state index contributed by atoms with van der Waals surface area (Å²) in [6.45, 7) is 6.15. The molecule has 5 heteroatoms. The minimum atomic E-state index is -2.76. The van der Waals surface area contributed by atoms with E-state index >= 15 is 0 Å². The summed E-state index contributed by atoms with van der Waals surface area (Å²) >= 11 is 0. The number of hydrogen-bond donors (Lipinski definition) is 1. The maximum Gasteiger partial charge on any atom is 0.151 e. The van der Waals surface area contributed by atoms with Crippen molar-refractivity contribution in [3.63, 3.8) is 0 Å². The highest BCUT2D eigenvalue weighted by Gasteiger charge is 2.32. The normalized spacial score (nSPS) is 26.1. The summed E-state index contributed by atoms with van der Waals surface area (Å²) in [5, 5.41) is 3.33. The van der Waals surface area contributed by atoms with Gasteiger partial charge in [0.15, 0.2) is 9.84 Å². The fraction of sp³-hybridized carbons (Fsp3) is 1.00. The van der Waals surface area contributed by atoms with Gasteiger partial charge in [-0.05, 0) is 26.4 Å². The smallest absolute Gasteiger partial charge is 0.151 e. The van der Waals surface area contributed by atoms with Crippen LogP contribution in [0.25, 0.3) is 0 Å². The highest BCUT2D eigenvalue weighted by molar-refractivity contribution is 7.91. The van der Waals surface area contributed by atoms with E-state index in [0.29, 0.717) is 17.5 Å². The summed E-state index contributed by atoms with van der Waals surface area (Å²) < 4.78 is 22.9. The largest absolute Gasteiger partial charge is 0.315 e. The van der Waals surface area contributed by atoms with Gasteiger partial charge in [0, 0.05) is 18.6 Å². The molecule has 0 aromatic carbocycles. The van der Waals surface area contributed by atoms with Gasteiger partial charge in [0.25, 0.3) is 0 Å². The molecule has 1 rings (SSSR count). The van der Waals surface area contributed by atoms with Gasteiger partial charge in [0.05, 0.1) is 11.5 Å². The molecule has 0 bridgehead atoms. The van der Waals surface area contributed by atoms with E-state index in [4.69, 9.17) is 0 Å². The van der Waals surface area contributed by atoms with Crippen LogP contribution in [0.1, 0.15) is 26.7 Å². The Kier molecular flexibility index (Phi) is 5.21. The second-order valence-electron chi connectivity index (χ2n) is 4.59. The lowest BCUT2D eigenvalue weighted by atomic mass is 10.1. The molecule has 16 heavy (non-hydrogen) atoms. The first-order chi connectivity index (χ1) is 7.50. The molecular weight excluding hydrogens is 224 g/mol. The van der Waals surface area contributed by atoms with Gasteiger partial charge in [0.2, 0.25) is 0 Å². The molecule has 1 saturated heterocycles. The van der Waals surface area contributed by atoms with E-state index in [2.05, 4.69) is 31.1 Å². The van der Waals surface area contributed by atoms with Crippen LogP contribution in [0.4, 0.5) is 0 Å². The van der Waals surface area contributed by atoms with Crippen LogP contribution in [0.2, 0.25) is 0 Å². The van der Waals surface area contributed by atoms with Crippen molar-refractivity contribution in [2.75, 3.05) is 31.6 Å². The first-order valence-corrected chi connectivity index (χ1v) is 7.95. The molecule has 1 fully saturated rings. The molecular formula is C11H24N2O2S. The molecule has 96 valence electrons. The Morgan fingerprint density at radius 1 is 1.44 bits per heavy atom. The van der Waals surface area contributed by atoms with E-state index in [9.17, 15) is 8.42 Å². The third-order valence-electron chi connectivity index (χ3n) is 3.46. The number of nitrogens with one attached hydrogen (secondary N) is 1. The van der Waals surface area contributed by atoms with Crippen LogP contribution >= 0.6 is 0 Å². The zero-order chi connectivity index (χ0) is 12.2. The van der Waals surface area contributed by atoms with Gasteiger partial charge >= 0.3 is 0 Å².